The zero-order valence-electron chi connectivity index (χ0n) is 12.3. The molecule has 0 fully saturated rings. The fraction of sp³-hybridized carbons (Fsp3) is 0.231. The molecule has 0 saturated heterocycles. The number of rotatable bonds is 5. The third kappa shape index (κ3) is 2.77. The average molecular weight is 364 g/mol. The highest BCUT2D eigenvalue weighted by atomic mass is 32.2. The number of carbonyl (C=O) groups excluding carboxylic acids is 1. The lowest BCUT2D eigenvalue weighted by Gasteiger charge is -2.07. The molecule has 0 radical (unpaired) electrons. The summed E-state index contributed by atoms with van der Waals surface area (Å²) in [4.78, 5) is 12.2. The van der Waals surface area contributed by atoms with Crippen molar-refractivity contribution in [1.82, 2.24) is 24.5 Å². The Kier molecular flexibility index (Phi) is 3.55. The van der Waals surface area contributed by atoms with E-state index in [1.165, 1.54) is 29.8 Å². The number of fused-ring (bicyclic) bond motifs is 2. The van der Waals surface area contributed by atoms with Gasteiger partial charge in [0, 0.05) is 18.7 Å². The lowest BCUT2D eigenvalue weighted by atomic mass is 10.2. The van der Waals surface area contributed by atoms with Gasteiger partial charge in [0.1, 0.15) is 11.3 Å². The highest BCUT2D eigenvalue weighted by Crippen LogP contribution is 2.25. The third-order valence-electron chi connectivity index (χ3n) is 3.57. The van der Waals surface area contributed by atoms with E-state index in [1.807, 2.05) is 0 Å². The molecule has 0 atom stereocenters. The van der Waals surface area contributed by atoms with Crippen LogP contribution in [0.3, 0.4) is 0 Å². The zero-order chi connectivity index (χ0) is 16.7. The Morgan fingerprint density at radius 2 is 2.25 bits per heavy atom. The molecule has 2 aromatic heterocycles. The smallest absolute Gasteiger partial charge is 0.240 e. The number of hydrogen-bond acceptors (Lipinski definition) is 7. The van der Waals surface area contributed by atoms with Crippen LogP contribution in [0.1, 0.15) is 10.6 Å². The minimum absolute atomic E-state index is 0.129. The number of aromatic nitrogens is 4. The molecular formula is C13H12N6O3S2. The summed E-state index contributed by atoms with van der Waals surface area (Å²) >= 11 is 1.36. The van der Waals surface area contributed by atoms with E-state index < -0.39 is 10.0 Å². The number of sulfonamides is 1. The van der Waals surface area contributed by atoms with Crippen LogP contribution in [0.15, 0.2) is 29.4 Å². The van der Waals surface area contributed by atoms with Gasteiger partial charge < -0.3 is 5.32 Å². The van der Waals surface area contributed by atoms with Crippen LogP contribution >= 0.6 is 11.3 Å². The fourth-order valence-corrected chi connectivity index (χ4v) is 4.35. The second-order valence-electron chi connectivity index (χ2n) is 5.25. The first kappa shape index (κ1) is 15.2. The fourth-order valence-electron chi connectivity index (χ4n) is 2.45. The second kappa shape index (κ2) is 5.61. The van der Waals surface area contributed by atoms with Gasteiger partial charge in [-0.1, -0.05) is 11.3 Å². The van der Waals surface area contributed by atoms with Crippen molar-refractivity contribution in [2.45, 2.75) is 17.7 Å². The molecule has 11 heteroatoms. The quantitative estimate of drug-likeness (QED) is 0.668. The molecule has 2 N–H and O–H groups in total. The molecule has 1 amide bonds. The molecule has 0 aliphatic carbocycles. The van der Waals surface area contributed by atoms with Crippen molar-refractivity contribution in [1.29, 1.82) is 0 Å². The molecule has 3 heterocycles. The van der Waals surface area contributed by atoms with Crippen LogP contribution in [0.2, 0.25) is 0 Å². The number of hydrogen-bond donors (Lipinski definition) is 2. The number of benzene rings is 1. The first-order chi connectivity index (χ1) is 11.5. The molecule has 9 nitrogen and oxygen atoms in total. The van der Waals surface area contributed by atoms with Crippen LogP contribution in [0, 0.1) is 0 Å². The van der Waals surface area contributed by atoms with Crippen LogP contribution in [0.25, 0.3) is 4.96 Å². The van der Waals surface area contributed by atoms with E-state index in [2.05, 4.69) is 25.3 Å². The summed E-state index contributed by atoms with van der Waals surface area (Å²) in [5.74, 6) is -0.129. The number of nitrogens with zero attached hydrogens (tertiary/aromatic N) is 4. The molecule has 124 valence electrons. The van der Waals surface area contributed by atoms with Gasteiger partial charge >= 0.3 is 0 Å². The third-order valence-corrected chi connectivity index (χ3v) is 6.00. The maximum Gasteiger partial charge on any atom is 0.240 e. The van der Waals surface area contributed by atoms with Gasteiger partial charge in [0.15, 0.2) is 0 Å². The van der Waals surface area contributed by atoms with Crippen molar-refractivity contribution in [2.24, 2.45) is 0 Å². The molecule has 1 aromatic carbocycles. The van der Waals surface area contributed by atoms with E-state index in [0.29, 0.717) is 22.6 Å². The van der Waals surface area contributed by atoms with Crippen molar-refractivity contribution < 1.29 is 13.2 Å². The average Bonchev–Trinajstić information content (AvgIpc) is 3.18. The van der Waals surface area contributed by atoms with E-state index >= 15 is 0 Å². The molecule has 1 aliphatic rings. The van der Waals surface area contributed by atoms with Gasteiger partial charge in [0.25, 0.3) is 0 Å². The Morgan fingerprint density at radius 3 is 3.08 bits per heavy atom. The maximum absolute atomic E-state index is 12.4. The highest BCUT2D eigenvalue weighted by molar-refractivity contribution is 7.89. The molecule has 4 rings (SSSR count). The monoisotopic (exact) mass is 364 g/mol. The summed E-state index contributed by atoms with van der Waals surface area (Å²) in [5, 5.41) is 15.3. The number of carbonyl (C=O) groups is 1. The minimum atomic E-state index is -3.63. The van der Waals surface area contributed by atoms with Crippen molar-refractivity contribution >= 4 is 37.9 Å². The summed E-state index contributed by atoms with van der Waals surface area (Å²) in [5.41, 5.74) is 1.36. The summed E-state index contributed by atoms with van der Waals surface area (Å²) in [6.45, 7) is 0.223. The molecule has 0 saturated carbocycles. The molecular weight excluding hydrogens is 352 g/mol. The molecule has 0 unspecified atom stereocenters. The van der Waals surface area contributed by atoms with E-state index in [4.69, 9.17) is 0 Å². The lowest BCUT2D eigenvalue weighted by molar-refractivity contribution is -0.115. The molecule has 0 spiro atoms. The predicted molar refractivity (Wildman–Crippen MR) is 86.3 cm³/mol. The van der Waals surface area contributed by atoms with E-state index in [-0.39, 0.29) is 23.8 Å². The predicted octanol–water partition coefficient (Wildman–Crippen LogP) is 0.201. The van der Waals surface area contributed by atoms with Gasteiger partial charge in [0.05, 0.1) is 11.3 Å². The van der Waals surface area contributed by atoms with Crippen LogP contribution in [-0.2, 0) is 27.7 Å². The van der Waals surface area contributed by atoms with Crippen molar-refractivity contribution in [2.75, 3.05) is 11.9 Å². The number of nitrogens with one attached hydrogen (secondary N) is 2. The van der Waals surface area contributed by atoms with Gasteiger partial charge in [0.2, 0.25) is 20.9 Å². The van der Waals surface area contributed by atoms with Crippen LogP contribution in [-0.4, -0.2) is 40.7 Å². The normalized spacial score (nSPS) is 14.1. The van der Waals surface area contributed by atoms with Crippen LogP contribution in [0.4, 0.5) is 5.69 Å². The zero-order valence-corrected chi connectivity index (χ0v) is 13.9. The Labute approximate surface area is 140 Å². The van der Waals surface area contributed by atoms with Crippen molar-refractivity contribution in [3.63, 3.8) is 0 Å². The first-order valence-corrected chi connectivity index (χ1v) is 9.39. The van der Waals surface area contributed by atoms with Gasteiger partial charge in [-0.25, -0.2) is 13.1 Å². The maximum atomic E-state index is 12.4. The molecule has 0 bridgehead atoms. The van der Waals surface area contributed by atoms with E-state index in [1.54, 1.807) is 10.6 Å². The summed E-state index contributed by atoms with van der Waals surface area (Å²) in [6, 6.07) is 4.62. The second-order valence-corrected chi connectivity index (χ2v) is 8.05. The molecule has 1 aliphatic heterocycles. The Balaban J connectivity index is 1.44. The topological polar surface area (TPSA) is 118 Å². The van der Waals surface area contributed by atoms with Crippen LogP contribution in [0.5, 0.6) is 0 Å². The Hall–Kier alpha value is -2.37. The first-order valence-electron chi connectivity index (χ1n) is 7.09. The highest BCUT2D eigenvalue weighted by Gasteiger charge is 2.21. The Morgan fingerprint density at radius 1 is 1.38 bits per heavy atom. The summed E-state index contributed by atoms with van der Waals surface area (Å²) < 4.78 is 28.8. The number of amides is 1. The lowest BCUT2D eigenvalue weighted by Crippen LogP contribution is -2.26. The van der Waals surface area contributed by atoms with Gasteiger partial charge in [-0.3, -0.25) is 4.79 Å². The minimum Gasteiger partial charge on any atom is -0.326 e. The molecule has 24 heavy (non-hydrogen) atoms. The summed E-state index contributed by atoms with van der Waals surface area (Å²) in [6.07, 6.45) is 2.16. The standard InChI is InChI=1S/C13H12N6O3S2/c20-11-6-8-5-9(1-2-10(8)16-11)24(21,22)15-4-3-12-18-19-7-14-17-13(19)23-12/h1-2,5,7,15H,3-4,6H2,(H,16,20). The van der Waals surface area contributed by atoms with E-state index in [9.17, 15) is 13.2 Å². The van der Waals surface area contributed by atoms with Gasteiger partial charge in [-0.15, -0.1) is 10.2 Å². The van der Waals surface area contributed by atoms with E-state index in [0.717, 1.165) is 5.01 Å². The SMILES string of the molecule is O=C1Cc2cc(S(=O)(=O)NCCc3nn4cnnc4s3)ccc2N1. The van der Waals surface area contributed by atoms with Crippen LogP contribution < -0.4 is 10.0 Å². The van der Waals surface area contributed by atoms with Crippen molar-refractivity contribution in [3.8, 4) is 0 Å². The Bertz CT molecular complexity index is 1010. The van der Waals surface area contributed by atoms with Crippen molar-refractivity contribution in [3.05, 3.63) is 35.1 Å². The van der Waals surface area contributed by atoms with Gasteiger partial charge in [-0.05, 0) is 23.8 Å². The molecule has 3 aromatic rings. The largest absolute Gasteiger partial charge is 0.326 e. The summed E-state index contributed by atoms with van der Waals surface area (Å²) in [7, 11) is -3.63. The van der Waals surface area contributed by atoms with Gasteiger partial charge in [-0.2, -0.15) is 9.61 Å². The number of anilines is 1.